The molecule has 82 valence electrons. The van der Waals surface area contributed by atoms with Crippen LogP contribution in [0.3, 0.4) is 0 Å². The van der Waals surface area contributed by atoms with E-state index in [0.29, 0.717) is 6.04 Å². The van der Waals surface area contributed by atoms with Gasteiger partial charge >= 0.3 is 0 Å². The average molecular weight is 208 g/mol. The van der Waals surface area contributed by atoms with E-state index in [1.807, 2.05) is 7.05 Å². The molecule has 1 aliphatic carbocycles. The molecule has 0 aromatic carbocycles. The van der Waals surface area contributed by atoms with Gasteiger partial charge in [-0.1, -0.05) is 5.10 Å². The van der Waals surface area contributed by atoms with Crippen LogP contribution >= 0.6 is 0 Å². The monoisotopic (exact) mass is 208 g/mol. The fraction of sp³-hybridized carbons (Fsp3) is 0.889. The minimum Gasteiger partial charge on any atom is -0.349 e. The maximum Gasteiger partial charge on any atom is 0.242 e. The second-order valence-corrected chi connectivity index (χ2v) is 4.48. The molecule has 1 aromatic heterocycles. The Morgan fingerprint density at radius 1 is 1.33 bits per heavy atom. The van der Waals surface area contributed by atoms with Crippen LogP contribution in [0, 0.1) is 0 Å². The Morgan fingerprint density at radius 2 is 2.20 bits per heavy atom. The van der Waals surface area contributed by atoms with E-state index in [9.17, 15) is 0 Å². The summed E-state index contributed by atoms with van der Waals surface area (Å²) in [6, 6.07) is 1.38. The highest BCUT2D eigenvalue weighted by Crippen LogP contribution is 2.30. The Morgan fingerprint density at radius 3 is 2.87 bits per heavy atom. The third-order valence-electron chi connectivity index (χ3n) is 3.24. The smallest absolute Gasteiger partial charge is 0.242 e. The van der Waals surface area contributed by atoms with Crippen LogP contribution in [-0.4, -0.2) is 50.3 Å². The molecule has 0 radical (unpaired) electrons. The highest BCUT2D eigenvalue weighted by molar-refractivity contribution is 5.24. The van der Waals surface area contributed by atoms with Gasteiger partial charge in [-0.05, 0) is 29.7 Å². The summed E-state index contributed by atoms with van der Waals surface area (Å²) in [7, 11) is 1.86. The standard InChI is InChI=1S/C9H16N6/c1-14-9(11-12-13-14)10-7-4-5-15(6-7)8-2-3-8/h7-8H,2-6H2,1H3,(H,10,11,13). The normalized spacial score (nSPS) is 27.1. The van der Waals surface area contributed by atoms with Gasteiger partial charge in [0.25, 0.3) is 0 Å². The van der Waals surface area contributed by atoms with Gasteiger partial charge in [-0.2, -0.15) is 0 Å². The number of nitrogens with one attached hydrogen (secondary N) is 1. The first-order valence-electron chi connectivity index (χ1n) is 5.56. The molecule has 3 rings (SSSR count). The number of rotatable bonds is 3. The van der Waals surface area contributed by atoms with E-state index in [-0.39, 0.29) is 0 Å². The van der Waals surface area contributed by atoms with Gasteiger partial charge in [-0.3, -0.25) is 4.90 Å². The molecule has 1 atom stereocenters. The third kappa shape index (κ3) is 1.81. The van der Waals surface area contributed by atoms with Crippen LogP contribution in [0.2, 0.25) is 0 Å². The number of likely N-dealkylation sites (tertiary alicyclic amines) is 1. The summed E-state index contributed by atoms with van der Waals surface area (Å²) < 4.78 is 1.68. The molecule has 15 heavy (non-hydrogen) atoms. The molecule has 6 nitrogen and oxygen atoms in total. The number of hydrogen-bond donors (Lipinski definition) is 1. The molecule has 2 fully saturated rings. The SMILES string of the molecule is Cn1nnnc1NC1CCN(C2CC2)C1. The van der Waals surface area contributed by atoms with Crippen molar-refractivity contribution in [1.82, 2.24) is 25.1 Å². The predicted molar refractivity (Wildman–Crippen MR) is 55.4 cm³/mol. The van der Waals surface area contributed by atoms with Crippen LogP contribution in [0.1, 0.15) is 19.3 Å². The summed E-state index contributed by atoms with van der Waals surface area (Å²) >= 11 is 0. The quantitative estimate of drug-likeness (QED) is 0.749. The summed E-state index contributed by atoms with van der Waals surface area (Å²) in [4.78, 5) is 2.57. The highest BCUT2D eigenvalue weighted by atomic mass is 15.6. The van der Waals surface area contributed by atoms with Crippen LogP contribution in [0.4, 0.5) is 5.95 Å². The Labute approximate surface area is 88.6 Å². The number of hydrogen-bond acceptors (Lipinski definition) is 5. The van der Waals surface area contributed by atoms with Gasteiger partial charge in [0.15, 0.2) is 0 Å². The molecule has 1 aliphatic heterocycles. The Bertz CT molecular complexity index is 344. The first kappa shape index (κ1) is 9.08. The number of aromatic nitrogens is 4. The first-order chi connectivity index (χ1) is 7.33. The van der Waals surface area contributed by atoms with Crippen molar-refractivity contribution in [1.29, 1.82) is 0 Å². The number of tetrazole rings is 1. The van der Waals surface area contributed by atoms with Crippen molar-refractivity contribution in [3.63, 3.8) is 0 Å². The number of nitrogens with zero attached hydrogens (tertiary/aromatic N) is 5. The van der Waals surface area contributed by atoms with E-state index in [0.717, 1.165) is 18.5 Å². The topological polar surface area (TPSA) is 58.9 Å². The van der Waals surface area contributed by atoms with Gasteiger partial charge in [0.2, 0.25) is 5.95 Å². The zero-order chi connectivity index (χ0) is 10.3. The second kappa shape index (κ2) is 3.44. The van der Waals surface area contributed by atoms with Crippen molar-refractivity contribution in [3.05, 3.63) is 0 Å². The van der Waals surface area contributed by atoms with Gasteiger partial charge in [0.05, 0.1) is 0 Å². The third-order valence-corrected chi connectivity index (χ3v) is 3.24. The van der Waals surface area contributed by atoms with Crippen molar-refractivity contribution in [3.8, 4) is 0 Å². The van der Waals surface area contributed by atoms with Crippen LogP contribution in [0.5, 0.6) is 0 Å². The van der Waals surface area contributed by atoms with Crippen molar-refractivity contribution in [2.75, 3.05) is 18.4 Å². The van der Waals surface area contributed by atoms with E-state index in [1.165, 1.54) is 25.8 Å². The van der Waals surface area contributed by atoms with Crippen LogP contribution in [0.15, 0.2) is 0 Å². The van der Waals surface area contributed by atoms with Crippen molar-refractivity contribution < 1.29 is 0 Å². The molecule has 1 N–H and O–H groups in total. The predicted octanol–water partition coefficient (Wildman–Crippen LogP) is -0.141. The van der Waals surface area contributed by atoms with E-state index < -0.39 is 0 Å². The molecule has 0 spiro atoms. The molecule has 2 aliphatic rings. The maximum absolute atomic E-state index is 3.94. The van der Waals surface area contributed by atoms with Crippen LogP contribution in [0.25, 0.3) is 0 Å². The van der Waals surface area contributed by atoms with Gasteiger partial charge in [0, 0.05) is 32.2 Å². The number of aryl methyl sites for hydroxylation is 1. The van der Waals surface area contributed by atoms with Gasteiger partial charge in [-0.15, -0.1) is 0 Å². The van der Waals surface area contributed by atoms with Crippen LogP contribution in [-0.2, 0) is 7.05 Å². The van der Waals surface area contributed by atoms with E-state index >= 15 is 0 Å². The lowest BCUT2D eigenvalue weighted by Gasteiger charge is -2.15. The van der Waals surface area contributed by atoms with Gasteiger partial charge in [-0.25, -0.2) is 4.68 Å². The Balaban J connectivity index is 1.58. The minimum absolute atomic E-state index is 0.510. The first-order valence-corrected chi connectivity index (χ1v) is 5.56. The minimum atomic E-state index is 0.510. The summed E-state index contributed by atoms with van der Waals surface area (Å²) in [5, 5.41) is 14.7. The molecule has 1 aromatic rings. The zero-order valence-electron chi connectivity index (χ0n) is 8.93. The maximum atomic E-state index is 3.94. The molecular weight excluding hydrogens is 192 g/mol. The molecule has 0 amide bonds. The van der Waals surface area contributed by atoms with E-state index in [1.54, 1.807) is 4.68 Å². The summed E-state index contributed by atoms with van der Waals surface area (Å²) in [6.07, 6.45) is 3.97. The second-order valence-electron chi connectivity index (χ2n) is 4.48. The molecule has 1 saturated heterocycles. The molecule has 6 heteroatoms. The highest BCUT2D eigenvalue weighted by Gasteiger charge is 2.34. The number of anilines is 1. The largest absolute Gasteiger partial charge is 0.349 e. The fourth-order valence-corrected chi connectivity index (χ4v) is 2.21. The molecule has 0 bridgehead atoms. The van der Waals surface area contributed by atoms with Crippen molar-refractivity contribution in [2.45, 2.75) is 31.3 Å². The lowest BCUT2D eigenvalue weighted by molar-refractivity contribution is 0.326. The molecule has 1 saturated carbocycles. The van der Waals surface area contributed by atoms with Crippen LogP contribution < -0.4 is 5.32 Å². The Kier molecular flexibility index (Phi) is 2.09. The molecule has 1 unspecified atom stereocenters. The van der Waals surface area contributed by atoms with E-state index in [4.69, 9.17) is 0 Å². The average Bonchev–Trinajstić information content (AvgIpc) is 2.86. The fourth-order valence-electron chi connectivity index (χ4n) is 2.21. The van der Waals surface area contributed by atoms with Crippen molar-refractivity contribution in [2.24, 2.45) is 7.05 Å². The molecular formula is C9H16N6. The van der Waals surface area contributed by atoms with Gasteiger partial charge < -0.3 is 5.32 Å². The van der Waals surface area contributed by atoms with Crippen molar-refractivity contribution >= 4 is 5.95 Å². The summed E-state index contributed by atoms with van der Waals surface area (Å²) in [5.74, 6) is 0.776. The molecule has 2 heterocycles. The summed E-state index contributed by atoms with van der Waals surface area (Å²) in [6.45, 7) is 2.35. The van der Waals surface area contributed by atoms with E-state index in [2.05, 4.69) is 25.7 Å². The van der Waals surface area contributed by atoms with Gasteiger partial charge in [0.1, 0.15) is 0 Å². The Hall–Kier alpha value is -1.17. The lowest BCUT2D eigenvalue weighted by atomic mass is 10.3. The zero-order valence-corrected chi connectivity index (χ0v) is 8.93. The lowest BCUT2D eigenvalue weighted by Crippen LogP contribution is -2.28. The summed E-state index contributed by atoms with van der Waals surface area (Å²) in [5.41, 5.74) is 0.